The first-order valence-corrected chi connectivity index (χ1v) is 8.02. The van der Waals surface area contributed by atoms with E-state index >= 15 is 0 Å². The summed E-state index contributed by atoms with van der Waals surface area (Å²) in [5, 5.41) is 3.90. The molecule has 0 aliphatic heterocycles. The monoisotopic (exact) mass is 319 g/mol. The van der Waals surface area contributed by atoms with Crippen LogP contribution < -0.4 is 11.1 Å². The van der Waals surface area contributed by atoms with E-state index in [0.29, 0.717) is 25.1 Å². The van der Waals surface area contributed by atoms with Crippen molar-refractivity contribution < 1.29 is 9.18 Å². The number of carbonyl (C=O) groups excluding carboxylic acids is 1. The van der Waals surface area contributed by atoms with Crippen molar-refractivity contribution in [2.75, 3.05) is 13.2 Å². The molecule has 0 aliphatic rings. The molecule has 0 saturated carbocycles. The van der Waals surface area contributed by atoms with Crippen molar-refractivity contribution >= 4 is 16.8 Å². The van der Waals surface area contributed by atoms with Gasteiger partial charge in [-0.05, 0) is 57.9 Å². The van der Waals surface area contributed by atoms with Crippen LogP contribution in [-0.4, -0.2) is 29.2 Å². The van der Waals surface area contributed by atoms with Crippen molar-refractivity contribution in [1.82, 2.24) is 9.88 Å². The minimum atomic E-state index is -0.361. The second-order valence-corrected chi connectivity index (χ2v) is 6.99. The van der Waals surface area contributed by atoms with E-state index in [0.717, 1.165) is 10.9 Å². The van der Waals surface area contributed by atoms with E-state index in [9.17, 15) is 9.18 Å². The number of carbonyl (C=O) groups is 1. The smallest absolute Gasteiger partial charge is 0.252 e. The summed E-state index contributed by atoms with van der Waals surface area (Å²) in [5.74, 6) is 0.0163. The number of nitrogens with zero attached hydrogens (tertiary/aromatic N) is 1. The van der Waals surface area contributed by atoms with Gasteiger partial charge in [-0.1, -0.05) is 6.07 Å². The lowest BCUT2D eigenvalue weighted by Crippen LogP contribution is -2.40. The molecule has 1 atom stereocenters. The molecular formula is C18H26FN3O. The number of alkyl halides is 1. The number of hydrogen-bond acceptors (Lipinski definition) is 2. The highest BCUT2D eigenvalue weighted by atomic mass is 19.1. The van der Waals surface area contributed by atoms with Gasteiger partial charge in [-0.25, -0.2) is 0 Å². The minimum Gasteiger partial charge on any atom is -0.347 e. The molecule has 1 unspecified atom stereocenters. The van der Waals surface area contributed by atoms with Crippen LogP contribution in [-0.2, 0) is 6.54 Å². The lowest BCUT2D eigenvalue weighted by Gasteiger charge is -2.21. The first-order valence-electron chi connectivity index (χ1n) is 8.02. The number of hydrogen-bond donors (Lipinski definition) is 2. The zero-order chi connectivity index (χ0) is 17.0. The first kappa shape index (κ1) is 17.5. The summed E-state index contributed by atoms with van der Waals surface area (Å²) in [6.45, 7) is 6.62. The molecule has 126 valence electrons. The minimum absolute atomic E-state index is 0.0833. The van der Waals surface area contributed by atoms with E-state index in [2.05, 4.69) is 9.88 Å². The Morgan fingerprint density at radius 2 is 2.09 bits per heavy atom. The quantitative estimate of drug-likeness (QED) is 0.859. The molecule has 5 heteroatoms. The molecule has 0 saturated heterocycles. The maximum Gasteiger partial charge on any atom is 0.252 e. The average Bonchev–Trinajstić information content (AvgIpc) is 2.88. The highest BCUT2D eigenvalue weighted by Gasteiger charge is 2.18. The van der Waals surface area contributed by atoms with Crippen LogP contribution in [0, 0.1) is 5.92 Å². The Balaban J connectivity index is 2.31. The van der Waals surface area contributed by atoms with E-state index in [1.165, 1.54) is 0 Å². The Kier molecular flexibility index (Phi) is 5.42. The van der Waals surface area contributed by atoms with E-state index in [1.807, 2.05) is 51.2 Å². The fourth-order valence-electron chi connectivity index (χ4n) is 2.70. The summed E-state index contributed by atoms with van der Waals surface area (Å²) in [4.78, 5) is 12.5. The zero-order valence-electron chi connectivity index (χ0n) is 14.1. The number of aromatic nitrogens is 1. The second-order valence-electron chi connectivity index (χ2n) is 6.99. The van der Waals surface area contributed by atoms with E-state index in [4.69, 9.17) is 5.73 Å². The number of halogens is 1. The summed E-state index contributed by atoms with van der Waals surface area (Å²) in [6.07, 6.45) is 2.40. The van der Waals surface area contributed by atoms with Gasteiger partial charge in [-0.3, -0.25) is 9.18 Å². The number of nitrogens with two attached hydrogens (primary N) is 1. The number of benzene rings is 1. The highest BCUT2D eigenvalue weighted by molar-refractivity contribution is 6.06. The van der Waals surface area contributed by atoms with Crippen LogP contribution in [0.2, 0.25) is 0 Å². The van der Waals surface area contributed by atoms with Gasteiger partial charge < -0.3 is 15.6 Å². The summed E-state index contributed by atoms with van der Waals surface area (Å²) in [6, 6.07) is 7.63. The zero-order valence-corrected chi connectivity index (χ0v) is 14.1. The van der Waals surface area contributed by atoms with Gasteiger partial charge in [-0.15, -0.1) is 0 Å². The molecule has 0 fully saturated rings. The Morgan fingerprint density at radius 1 is 1.35 bits per heavy atom. The maximum atomic E-state index is 12.6. The Hall–Kier alpha value is -1.88. The van der Waals surface area contributed by atoms with E-state index in [-0.39, 0.29) is 24.0 Å². The Morgan fingerprint density at radius 3 is 2.70 bits per heavy atom. The van der Waals surface area contributed by atoms with Crippen LogP contribution in [0.1, 0.15) is 37.6 Å². The first-order chi connectivity index (χ1) is 10.9. The van der Waals surface area contributed by atoms with Gasteiger partial charge in [0.1, 0.15) is 0 Å². The maximum absolute atomic E-state index is 12.6. The molecule has 0 aliphatic carbocycles. The van der Waals surface area contributed by atoms with Gasteiger partial charge in [0.15, 0.2) is 0 Å². The third-order valence-electron chi connectivity index (χ3n) is 3.85. The van der Waals surface area contributed by atoms with Crippen LogP contribution in [0.4, 0.5) is 4.39 Å². The summed E-state index contributed by atoms with van der Waals surface area (Å²) < 4.78 is 14.6. The fourth-order valence-corrected chi connectivity index (χ4v) is 2.70. The lowest BCUT2D eigenvalue weighted by atomic mass is 10.1. The molecule has 2 aromatic rings. The predicted molar refractivity (Wildman–Crippen MR) is 92.3 cm³/mol. The number of rotatable bonds is 6. The Bertz CT molecular complexity index is 672. The molecule has 2 rings (SSSR count). The van der Waals surface area contributed by atoms with E-state index in [1.54, 1.807) is 0 Å². The molecule has 3 N–H and O–H groups in total. The van der Waals surface area contributed by atoms with Crippen LogP contribution in [0.15, 0.2) is 30.5 Å². The molecule has 0 radical (unpaired) electrons. The largest absolute Gasteiger partial charge is 0.347 e. The molecule has 23 heavy (non-hydrogen) atoms. The predicted octanol–water partition coefficient (Wildman–Crippen LogP) is 3.10. The molecule has 4 nitrogen and oxygen atoms in total. The SMILES string of the molecule is CC(C)(C)NC(=O)c1cccc2c1ccn2CC(CN)CCF. The highest BCUT2D eigenvalue weighted by Crippen LogP contribution is 2.22. The molecule has 1 aromatic heterocycles. The van der Waals surface area contributed by atoms with Crippen molar-refractivity contribution in [1.29, 1.82) is 0 Å². The number of fused-ring (bicyclic) bond motifs is 1. The standard InChI is InChI=1S/C18H26FN3O/c1-18(2,3)21-17(23)15-5-4-6-16-14(15)8-10-22(16)12-13(11-20)7-9-19/h4-6,8,10,13H,7,9,11-12,20H2,1-3H3,(H,21,23). The molecule has 0 spiro atoms. The summed E-state index contributed by atoms with van der Waals surface area (Å²) in [7, 11) is 0. The Labute approximate surface area is 136 Å². The van der Waals surface area contributed by atoms with Crippen LogP contribution in [0.3, 0.4) is 0 Å². The molecular weight excluding hydrogens is 293 g/mol. The fraction of sp³-hybridized carbons (Fsp3) is 0.500. The van der Waals surface area contributed by atoms with Gasteiger partial charge in [0, 0.05) is 34.7 Å². The second kappa shape index (κ2) is 7.13. The molecule has 1 aromatic carbocycles. The molecule has 0 bridgehead atoms. The third-order valence-corrected chi connectivity index (χ3v) is 3.85. The van der Waals surface area contributed by atoms with Crippen LogP contribution in [0.5, 0.6) is 0 Å². The van der Waals surface area contributed by atoms with Gasteiger partial charge in [0.2, 0.25) is 0 Å². The average molecular weight is 319 g/mol. The number of amides is 1. The van der Waals surface area contributed by atoms with E-state index < -0.39 is 0 Å². The van der Waals surface area contributed by atoms with Crippen LogP contribution >= 0.6 is 0 Å². The van der Waals surface area contributed by atoms with Crippen molar-refractivity contribution in [3.63, 3.8) is 0 Å². The molecule has 1 amide bonds. The van der Waals surface area contributed by atoms with Gasteiger partial charge in [0.05, 0.1) is 6.67 Å². The summed E-state index contributed by atoms with van der Waals surface area (Å²) >= 11 is 0. The normalized spacial score (nSPS) is 13.3. The third kappa shape index (κ3) is 4.32. The topological polar surface area (TPSA) is 60.0 Å². The van der Waals surface area contributed by atoms with Crippen molar-refractivity contribution in [2.24, 2.45) is 11.7 Å². The van der Waals surface area contributed by atoms with Crippen molar-refractivity contribution in [3.8, 4) is 0 Å². The molecule has 1 heterocycles. The van der Waals surface area contributed by atoms with Gasteiger partial charge in [-0.2, -0.15) is 0 Å². The summed E-state index contributed by atoms with van der Waals surface area (Å²) in [5.41, 5.74) is 7.07. The lowest BCUT2D eigenvalue weighted by molar-refractivity contribution is 0.0921. The van der Waals surface area contributed by atoms with Crippen molar-refractivity contribution in [3.05, 3.63) is 36.0 Å². The number of nitrogens with one attached hydrogen (secondary N) is 1. The van der Waals surface area contributed by atoms with Gasteiger partial charge >= 0.3 is 0 Å². The van der Waals surface area contributed by atoms with Crippen molar-refractivity contribution in [2.45, 2.75) is 39.3 Å². The van der Waals surface area contributed by atoms with Gasteiger partial charge in [0.25, 0.3) is 5.91 Å². The van der Waals surface area contributed by atoms with Crippen LogP contribution in [0.25, 0.3) is 10.9 Å².